The van der Waals surface area contributed by atoms with E-state index in [1.165, 1.54) is 13.2 Å². The molecule has 2 heterocycles. The molecule has 2 aliphatic heterocycles. The highest BCUT2D eigenvalue weighted by Gasteiger charge is 2.43. The van der Waals surface area contributed by atoms with E-state index in [9.17, 15) is 28.0 Å². The van der Waals surface area contributed by atoms with Gasteiger partial charge in [-0.1, -0.05) is 18.2 Å². The number of carboxylic acids is 1. The van der Waals surface area contributed by atoms with E-state index in [0.29, 0.717) is 6.54 Å². The maximum Gasteiger partial charge on any atom is 0.338 e. The van der Waals surface area contributed by atoms with Crippen LogP contribution in [0.25, 0.3) is 0 Å². The number of piperidine rings is 1. The Morgan fingerprint density at radius 3 is 2.34 bits per heavy atom. The number of carbonyl (C=O) groups excluding carboxylic acids is 3. The van der Waals surface area contributed by atoms with Crippen molar-refractivity contribution < 1.29 is 42.5 Å². The van der Waals surface area contributed by atoms with Gasteiger partial charge >= 0.3 is 24.0 Å². The predicted molar refractivity (Wildman–Crippen MR) is 155 cm³/mol. The lowest BCUT2D eigenvalue weighted by molar-refractivity contribution is -0.137. The second kappa shape index (κ2) is 14.8. The third-order valence-electron chi connectivity index (χ3n) is 7.49. The number of amides is 4. The Bertz CT molecular complexity index is 1410. The molecule has 4 amide bonds. The zero-order chi connectivity index (χ0) is 31.8. The van der Waals surface area contributed by atoms with E-state index in [-0.39, 0.29) is 42.4 Å². The van der Waals surface area contributed by atoms with Crippen LogP contribution >= 0.6 is 0 Å². The van der Waals surface area contributed by atoms with Gasteiger partial charge in [-0.3, -0.25) is 4.79 Å². The number of esters is 1. The molecule has 0 saturated carbocycles. The minimum absolute atomic E-state index is 0.00990. The number of anilines is 1. The summed E-state index contributed by atoms with van der Waals surface area (Å²) in [7, 11) is 2.47. The largest absolute Gasteiger partial charge is 0.481 e. The number of imide groups is 1. The molecule has 44 heavy (non-hydrogen) atoms. The number of methoxy groups -OCH3 is 2. The number of urea groups is 2. The van der Waals surface area contributed by atoms with Crippen molar-refractivity contribution in [2.24, 2.45) is 0 Å². The summed E-state index contributed by atoms with van der Waals surface area (Å²) in [6.07, 6.45) is 1.66. The summed E-state index contributed by atoms with van der Waals surface area (Å²) in [4.78, 5) is 53.1. The summed E-state index contributed by atoms with van der Waals surface area (Å²) in [5.74, 6) is -4.09. The summed E-state index contributed by atoms with van der Waals surface area (Å²) in [5.41, 5.74) is 1.63. The lowest BCUT2D eigenvalue weighted by atomic mass is 9.93. The smallest absolute Gasteiger partial charge is 0.338 e. The van der Waals surface area contributed by atoms with E-state index in [4.69, 9.17) is 14.6 Å². The van der Waals surface area contributed by atoms with E-state index in [0.717, 1.165) is 61.3 Å². The van der Waals surface area contributed by atoms with Crippen molar-refractivity contribution >= 4 is 29.7 Å². The van der Waals surface area contributed by atoms with Crippen LogP contribution in [0.4, 0.5) is 24.1 Å². The number of hydrogen-bond acceptors (Lipinski definition) is 8. The highest BCUT2D eigenvalue weighted by Crippen LogP contribution is 2.35. The van der Waals surface area contributed by atoms with Crippen LogP contribution in [-0.4, -0.2) is 87.1 Å². The Morgan fingerprint density at radius 1 is 1.02 bits per heavy atom. The summed E-state index contributed by atoms with van der Waals surface area (Å²) >= 11 is 0. The summed E-state index contributed by atoms with van der Waals surface area (Å²) < 4.78 is 38.0. The molecule has 0 bridgehead atoms. The first-order valence-electron chi connectivity index (χ1n) is 14.0. The highest BCUT2D eigenvalue weighted by molar-refractivity contribution is 6.01. The average molecular weight is 616 g/mol. The number of nitrogens with one attached hydrogen (secondary N) is 3. The van der Waals surface area contributed by atoms with Crippen LogP contribution in [0.15, 0.2) is 53.7 Å². The van der Waals surface area contributed by atoms with Crippen molar-refractivity contribution in [1.29, 1.82) is 0 Å². The zero-order valence-corrected chi connectivity index (χ0v) is 24.4. The molecule has 0 spiro atoms. The van der Waals surface area contributed by atoms with Crippen molar-refractivity contribution in [3.63, 3.8) is 0 Å². The number of aliphatic carboxylic acids is 1. The molecule has 12 nitrogen and oxygen atoms in total. The van der Waals surface area contributed by atoms with Gasteiger partial charge in [0.25, 0.3) is 0 Å². The molecule has 2 aromatic carbocycles. The average Bonchev–Trinajstić information content (AvgIpc) is 3.00. The summed E-state index contributed by atoms with van der Waals surface area (Å²) in [6, 6.07) is 7.39. The first kappa shape index (κ1) is 32.4. The second-order valence-electron chi connectivity index (χ2n) is 10.4. The molecule has 1 atom stereocenters. The van der Waals surface area contributed by atoms with Gasteiger partial charge in [-0.15, -0.1) is 0 Å². The van der Waals surface area contributed by atoms with Gasteiger partial charge in [-0.05, 0) is 48.2 Å². The number of hydrogen-bond donors (Lipinski definition) is 4. The predicted octanol–water partition coefficient (Wildman–Crippen LogP) is 2.70. The maximum atomic E-state index is 14.2. The molecule has 4 N–H and O–H groups in total. The molecule has 2 aromatic rings. The minimum Gasteiger partial charge on any atom is -0.481 e. The van der Waals surface area contributed by atoms with E-state index in [2.05, 4.69) is 20.9 Å². The van der Waals surface area contributed by atoms with Crippen molar-refractivity contribution in [3.05, 3.63) is 76.5 Å². The Balaban J connectivity index is 1.37. The van der Waals surface area contributed by atoms with Crippen LogP contribution in [0.2, 0.25) is 0 Å². The van der Waals surface area contributed by atoms with E-state index in [1.807, 2.05) is 24.3 Å². The third-order valence-corrected chi connectivity index (χ3v) is 7.49. The summed E-state index contributed by atoms with van der Waals surface area (Å²) in [6.45, 7) is 1.91. The number of carbonyl (C=O) groups is 4. The first-order valence-corrected chi connectivity index (χ1v) is 14.0. The third kappa shape index (κ3) is 7.68. The standard InChI is InChI=1S/C30H35F2N5O7/c1-43-17-24-26(28(40)44-2)27(19-5-8-22(31)23(32)16-19)37(30(42)35-24)29(41)34-12-11-33-20-9-13-36(14-10-20)21-6-3-18(4-7-21)15-25(38)39/h3-8,16,20,27,33H,9-15,17H2,1-2H3,(H,34,41)(H,35,42)(H,38,39)/t27-/m0/s1. The van der Waals surface area contributed by atoms with Crippen molar-refractivity contribution in [1.82, 2.24) is 20.9 Å². The Hall–Kier alpha value is -4.56. The van der Waals surface area contributed by atoms with Crippen LogP contribution in [0.3, 0.4) is 0 Å². The molecule has 0 unspecified atom stereocenters. The number of halogens is 2. The molecule has 1 saturated heterocycles. The van der Waals surface area contributed by atoms with Gasteiger partial charge in [0.1, 0.15) is 6.04 Å². The quantitative estimate of drug-likeness (QED) is 0.221. The Morgan fingerprint density at radius 2 is 1.73 bits per heavy atom. The molecule has 236 valence electrons. The molecular weight excluding hydrogens is 580 g/mol. The summed E-state index contributed by atoms with van der Waals surface area (Å²) in [5, 5.41) is 17.5. The maximum absolute atomic E-state index is 14.2. The van der Waals surface area contributed by atoms with Gasteiger partial charge in [0, 0.05) is 45.0 Å². The number of carboxylic acid groups (broad SMARTS) is 1. The zero-order valence-electron chi connectivity index (χ0n) is 24.4. The molecule has 14 heteroatoms. The SMILES string of the molecule is COCC1=C(C(=O)OC)[C@H](c2ccc(F)c(F)c2)N(C(=O)NCCNC2CCN(c3ccc(CC(=O)O)cc3)CC2)C(=O)N1. The Labute approximate surface area is 253 Å². The molecule has 4 rings (SSSR count). The van der Waals surface area contributed by atoms with Crippen LogP contribution in [0.1, 0.15) is 30.0 Å². The molecule has 1 fully saturated rings. The fourth-order valence-corrected chi connectivity index (χ4v) is 5.35. The van der Waals surface area contributed by atoms with Gasteiger partial charge in [-0.2, -0.15) is 0 Å². The van der Waals surface area contributed by atoms with Crippen molar-refractivity contribution in [3.8, 4) is 0 Å². The van der Waals surface area contributed by atoms with E-state index >= 15 is 0 Å². The Kier molecular flexibility index (Phi) is 10.8. The number of rotatable bonds is 11. The van der Waals surface area contributed by atoms with Gasteiger partial charge < -0.3 is 35.4 Å². The number of nitrogens with zero attached hydrogens (tertiary/aromatic N) is 2. The fourth-order valence-electron chi connectivity index (χ4n) is 5.35. The number of benzene rings is 2. The van der Waals surface area contributed by atoms with E-state index in [1.54, 1.807) is 0 Å². The molecule has 0 aliphatic carbocycles. The van der Waals surface area contributed by atoms with Gasteiger partial charge in [0.2, 0.25) is 0 Å². The second-order valence-corrected chi connectivity index (χ2v) is 10.4. The van der Waals surface area contributed by atoms with Gasteiger partial charge in [0.05, 0.1) is 31.4 Å². The molecular formula is C30H35F2N5O7. The lowest BCUT2D eigenvalue weighted by Crippen LogP contribution is -2.56. The fraction of sp³-hybridized carbons (Fsp3) is 0.400. The highest BCUT2D eigenvalue weighted by atomic mass is 19.2. The van der Waals surface area contributed by atoms with E-state index < -0.39 is 41.7 Å². The van der Waals surface area contributed by atoms with Gasteiger partial charge in [0.15, 0.2) is 11.6 Å². The molecule has 2 aliphatic rings. The topological polar surface area (TPSA) is 150 Å². The monoisotopic (exact) mass is 615 g/mol. The molecule has 0 aromatic heterocycles. The van der Waals surface area contributed by atoms with Crippen LogP contribution in [0, 0.1) is 11.6 Å². The van der Waals surface area contributed by atoms with Crippen LogP contribution in [-0.2, 0) is 25.5 Å². The minimum atomic E-state index is -1.41. The van der Waals surface area contributed by atoms with Crippen LogP contribution in [0.5, 0.6) is 0 Å². The van der Waals surface area contributed by atoms with Crippen molar-refractivity contribution in [2.45, 2.75) is 31.3 Å². The molecule has 0 radical (unpaired) electrons. The number of ether oxygens (including phenoxy) is 2. The first-order chi connectivity index (χ1) is 21.1. The van der Waals surface area contributed by atoms with Crippen LogP contribution < -0.4 is 20.9 Å². The lowest BCUT2D eigenvalue weighted by Gasteiger charge is -2.37. The van der Waals surface area contributed by atoms with Crippen molar-refractivity contribution in [2.75, 3.05) is 51.9 Å². The normalized spacial score (nSPS) is 17.4. The van der Waals surface area contributed by atoms with Gasteiger partial charge in [-0.25, -0.2) is 28.1 Å².